The van der Waals surface area contributed by atoms with Gasteiger partial charge in [-0.25, -0.2) is 8.42 Å². The molecule has 1 heterocycles. The van der Waals surface area contributed by atoms with E-state index in [9.17, 15) is 18.0 Å². The average Bonchev–Trinajstić information content (AvgIpc) is 3.32. The highest BCUT2D eigenvalue weighted by molar-refractivity contribution is 7.92. The minimum atomic E-state index is -3.81. The molecule has 3 rings (SSSR count). The van der Waals surface area contributed by atoms with E-state index in [1.54, 1.807) is 30.3 Å². The monoisotopic (exact) mass is 443 g/mol. The molecule has 1 aromatic heterocycles. The number of hydrogen-bond acceptors (Lipinski definition) is 6. The van der Waals surface area contributed by atoms with Crippen LogP contribution in [0, 0.1) is 0 Å². The Morgan fingerprint density at radius 3 is 2.13 bits per heavy atom. The van der Waals surface area contributed by atoms with Crippen molar-refractivity contribution in [1.82, 2.24) is 10.6 Å². The second kappa shape index (κ2) is 9.81. The molecule has 0 saturated heterocycles. The number of methoxy groups -OCH3 is 1. The number of benzene rings is 2. The first kappa shape index (κ1) is 21.9. The summed E-state index contributed by atoms with van der Waals surface area (Å²) >= 11 is 0. The van der Waals surface area contributed by atoms with E-state index < -0.39 is 10.0 Å². The Morgan fingerprint density at radius 1 is 0.903 bits per heavy atom. The van der Waals surface area contributed by atoms with Gasteiger partial charge in [-0.15, -0.1) is 0 Å². The van der Waals surface area contributed by atoms with Crippen molar-refractivity contribution in [2.75, 3.05) is 24.9 Å². The lowest BCUT2D eigenvalue weighted by Crippen LogP contribution is -2.34. The fourth-order valence-corrected chi connectivity index (χ4v) is 3.67. The second-order valence-corrected chi connectivity index (χ2v) is 8.03. The SMILES string of the molecule is COc1ccc(NS(=O)(=O)c2ccc(C(=O)NCCNC(=O)c3ccco3)cc2)cc1. The molecule has 0 radical (unpaired) electrons. The molecule has 3 aromatic rings. The number of furan rings is 1. The van der Waals surface area contributed by atoms with Crippen LogP contribution in [0.4, 0.5) is 5.69 Å². The van der Waals surface area contributed by atoms with Crippen LogP contribution in [0.2, 0.25) is 0 Å². The molecule has 3 N–H and O–H groups in total. The number of nitrogens with one attached hydrogen (secondary N) is 3. The third-order valence-corrected chi connectivity index (χ3v) is 5.61. The topological polar surface area (TPSA) is 127 Å². The molecule has 0 spiro atoms. The van der Waals surface area contributed by atoms with E-state index in [1.807, 2.05) is 0 Å². The third kappa shape index (κ3) is 5.86. The molecular formula is C21H21N3O6S. The number of amides is 2. The van der Waals surface area contributed by atoms with Crippen LogP contribution in [0.1, 0.15) is 20.9 Å². The number of ether oxygens (including phenoxy) is 1. The van der Waals surface area contributed by atoms with Gasteiger partial charge in [0.1, 0.15) is 5.75 Å². The van der Waals surface area contributed by atoms with Gasteiger partial charge < -0.3 is 19.8 Å². The molecule has 0 aliphatic rings. The fourth-order valence-electron chi connectivity index (χ4n) is 2.61. The van der Waals surface area contributed by atoms with Crippen molar-refractivity contribution in [2.24, 2.45) is 0 Å². The first-order chi connectivity index (χ1) is 14.9. The van der Waals surface area contributed by atoms with Crippen LogP contribution in [0.15, 0.2) is 76.2 Å². The summed E-state index contributed by atoms with van der Waals surface area (Å²) in [5.74, 6) is 0.0303. The van der Waals surface area contributed by atoms with Gasteiger partial charge in [-0.1, -0.05) is 0 Å². The highest BCUT2D eigenvalue weighted by atomic mass is 32.2. The van der Waals surface area contributed by atoms with Crippen molar-refractivity contribution in [1.29, 1.82) is 0 Å². The number of anilines is 1. The Kier molecular flexibility index (Phi) is 6.93. The standard InChI is InChI=1S/C21H21N3O6S/c1-29-17-8-6-16(7-9-17)24-31(27,28)18-10-4-15(5-11-18)20(25)22-12-13-23-21(26)19-3-2-14-30-19/h2-11,14,24H,12-13H2,1H3,(H,22,25)(H,23,26). The van der Waals surface area contributed by atoms with Crippen LogP contribution < -0.4 is 20.1 Å². The summed E-state index contributed by atoms with van der Waals surface area (Å²) in [6.45, 7) is 0.411. The number of sulfonamides is 1. The molecule has 2 amide bonds. The molecule has 10 heteroatoms. The predicted octanol–water partition coefficient (Wildman–Crippen LogP) is 2.25. The Morgan fingerprint density at radius 2 is 1.55 bits per heavy atom. The molecule has 2 aromatic carbocycles. The van der Waals surface area contributed by atoms with E-state index in [1.165, 1.54) is 43.7 Å². The number of rotatable bonds is 9. The van der Waals surface area contributed by atoms with E-state index in [0.29, 0.717) is 17.0 Å². The van der Waals surface area contributed by atoms with Gasteiger partial charge in [-0.3, -0.25) is 14.3 Å². The molecule has 162 valence electrons. The van der Waals surface area contributed by atoms with Gasteiger partial charge >= 0.3 is 0 Å². The first-order valence-corrected chi connectivity index (χ1v) is 10.7. The zero-order valence-corrected chi connectivity index (χ0v) is 17.4. The van der Waals surface area contributed by atoms with Crippen molar-refractivity contribution in [3.63, 3.8) is 0 Å². The van der Waals surface area contributed by atoms with Gasteiger partial charge in [-0.2, -0.15) is 0 Å². The number of hydrogen-bond donors (Lipinski definition) is 3. The van der Waals surface area contributed by atoms with Crippen molar-refractivity contribution in [2.45, 2.75) is 4.90 Å². The molecule has 31 heavy (non-hydrogen) atoms. The van der Waals surface area contributed by atoms with Crippen molar-refractivity contribution < 1.29 is 27.2 Å². The molecule has 0 aliphatic carbocycles. The quantitative estimate of drug-likeness (QED) is 0.436. The van der Waals surface area contributed by atoms with Crippen LogP contribution in [0.3, 0.4) is 0 Å². The minimum absolute atomic E-state index is 0.0191. The molecule has 0 unspecified atom stereocenters. The largest absolute Gasteiger partial charge is 0.497 e. The van der Waals surface area contributed by atoms with Crippen molar-refractivity contribution in [3.05, 3.63) is 78.3 Å². The van der Waals surface area contributed by atoms with Gasteiger partial charge in [0.2, 0.25) is 0 Å². The van der Waals surface area contributed by atoms with E-state index in [-0.39, 0.29) is 35.6 Å². The summed E-state index contributed by atoms with van der Waals surface area (Å²) < 4.78 is 37.5. The highest BCUT2D eigenvalue weighted by Crippen LogP contribution is 2.19. The molecule has 9 nitrogen and oxygen atoms in total. The van der Waals surface area contributed by atoms with Crippen LogP contribution in [-0.4, -0.2) is 40.4 Å². The summed E-state index contributed by atoms with van der Waals surface area (Å²) in [6.07, 6.45) is 1.40. The summed E-state index contributed by atoms with van der Waals surface area (Å²) in [4.78, 5) is 24.0. The zero-order chi connectivity index (χ0) is 22.3. The first-order valence-electron chi connectivity index (χ1n) is 9.26. The van der Waals surface area contributed by atoms with E-state index in [4.69, 9.17) is 9.15 Å². The van der Waals surface area contributed by atoms with E-state index in [0.717, 1.165) is 0 Å². The van der Waals surface area contributed by atoms with Crippen LogP contribution >= 0.6 is 0 Å². The Balaban J connectivity index is 1.52. The maximum atomic E-state index is 12.5. The molecular weight excluding hydrogens is 422 g/mol. The maximum absolute atomic E-state index is 12.5. The predicted molar refractivity (Wildman–Crippen MR) is 114 cm³/mol. The molecule has 0 fully saturated rings. The Hall–Kier alpha value is -3.79. The van der Waals surface area contributed by atoms with Gasteiger partial charge in [0, 0.05) is 24.3 Å². The van der Waals surface area contributed by atoms with E-state index >= 15 is 0 Å². The molecule has 0 aliphatic heterocycles. The van der Waals surface area contributed by atoms with Crippen LogP contribution in [0.5, 0.6) is 5.75 Å². The third-order valence-electron chi connectivity index (χ3n) is 4.21. The summed E-state index contributed by atoms with van der Waals surface area (Å²) in [6, 6.07) is 15.1. The normalized spacial score (nSPS) is 10.9. The zero-order valence-electron chi connectivity index (χ0n) is 16.6. The highest BCUT2D eigenvalue weighted by Gasteiger charge is 2.15. The smallest absolute Gasteiger partial charge is 0.287 e. The van der Waals surface area contributed by atoms with Crippen molar-refractivity contribution in [3.8, 4) is 5.75 Å². The number of carbonyl (C=O) groups excluding carboxylic acids is 2. The summed E-state index contributed by atoms with van der Waals surface area (Å²) in [5.41, 5.74) is 0.681. The second-order valence-electron chi connectivity index (χ2n) is 6.35. The van der Waals surface area contributed by atoms with Gasteiger partial charge in [0.25, 0.3) is 21.8 Å². The lowest BCUT2D eigenvalue weighted by molar-refractivity contribution is 0.0910. The van der Waals surface area contributed by atoms with Gasteiger partial charge in [0.15, 0.2) is 5.76 Å². The van der Waals surface area contributed by atoms with E-state index in [2.05, 4.69) is 15.4 Å². The van der Waals surface area contributed by atoms with Gasteiger partial charge in [-0.05, 0) is 60.7 Å². The molecule has 0 bridgehead atoms. The fraction of sp³-hybridized carbons (Fsp3) is 0.143. The lowest BCUT2D eigenvalue weighted by Gasteiger charge is -2.10. The van der Waals surface area contributed by atoms with Crippen molar-refractivity contribution >= 4 is 27.5 Å². The Labute approximate surface area is 179 Å². The molecule has 0 saturated carbocycles. The average molecular weight is 443 g/mol. The maximum Gasteiger partial charge on any atom is 0.287 e. The lowest BCUT2D eigenvalue weighted by atomic mass is 10.2. The summed E-state index contributed by atoms with van der Waals surface area (Å²) in [7, 11) is -2.28. The van der Waals surface area contributed by atoms with Crippen LogP contribution in [-0.2, 0) is 10.0 Å². The summed E-state index contributed by atoms with van der Waals surface area (Å²) in [5, 5.41) is 5.26. The molecule has 0 atom stereocenters. The Bertz CT molecular complexity index is 1120. The number of carbonyl (C=O) groups is 2. The van der Waals surface area contributed by atoms with Crippen LogP contribution in [0.25, 0.3) is 0 Å². The van der Waals surface area contributed by atoms with Gasteiger partial charge in [0.05, 0.1) is 18.3 Å². The minimum Gasteiger partial charge on any atom is -0.497 e.